The van der Waals surface area contributed by atoms with Crippen LogP contribution in [0.4, 0.5) is 5.69 Å². The number of nitrogens with one attached hydrogen (secondary N) is 1. The second kappa shape index (κ2) is 3.61. The summed E-state index contributed by atoms with van der Waals surface area (Å²) in [5, 5.41) is 3.63. The normalized spacial score (nSPS) is 10.2. The van der Waals surface area contributed by atoms with Crippen molar-refractivity contribution in [2.45, 2.75) is 6.92 Å². The zero-order valence-corrected chi connectivity index (χ0v) is 8.41. The Bertz CT molecular complexity index is 525. The number of carbonyl (C=O) groups is 1. The summed E-state index contributed by atoms with van der Waals surface area (Å²) >= 11 is 0. The highest BCUT2D eigenvalue weighted by atomic mass is 16.3. The maximum absolute atomic E-state index is 11.4. The van der Waals surface area contributed by atoms with Crippen molar-refractivity contribution in [3.05, 3.63) is 42.7 Å². The van der Waals surface area contributed by atoms with Crippen LogP contribution < -0.4 is 5.32 Å². The van der Waals surface area contributed by atoms with Gasteiger partial charge in [-0.1, -0.05) is 18.7 Å². The number of carbonyl (C=O) groups excluding carboxylic acids is 1. The Labute approximate surface area is 87.4 Å². The Morgan fingerprint density at radius 2 is 2.13 bits per heavy atom. The third kappa shape index (κ3) is 1.76. The van der Waals surface area contributed by atoms with E-state index in [0.29, 0.717) is 11.3 Å². The fourth-order valence-electron chi connectivity index (χ4n) is 1.30. The lowest BCUT2D eigenvalue weighted by molar-refractivity contribution is -0.112. The molecule has 76 valence electrons. The first-order valence-electron chi connectivity index (χ1n) is 4.61. The molecule has 0 spiro atoms. The van der Waals surface area contributed by atoms with Crippen LogP contribution >= 0.6 is 0 Å². The first-order chi connectivity index (χ1) is 7.18. The highest BCUT2D eigenvalue weighted by Crippen LogP contribution is 2.25. The van der Waals surface area contributed by atoms with Gasteiger partial charge in [-0.25, -0.2) is 0 Å². The number of amides is 1. The quantitative estimate of drug-likeness (QED) is 0.759. The second-order valence-corrected chi connectivity index (χ2v) is 3.38. The minimum absolute atomic E-state index is 0.193. The minimum atomic E-state index is -0.193. The molecule has 0 aliphatic heterocycles. The molecule has 15 heavy (non-hydrogen) atoms. The summed E-state index contributed by atoms with van der Waals surface area (Å²) in [6.45, 7) is 5.24. The number of hydrogen-bond acceptors (Lipinski definition) is 2. The molecule has 0 radical (unpaired) electrons. The van der Waals surface area contributed by atoms with E-state index in [-0.39, 0.29) is 5.91 Å². The number of fused-ring (bicyclic) bond motifs is 1. The highest BCUT2D eigenvalue weighted by Gasteiger charge is 2.08. The fourth-order valence-corrected chi connectivity index (χ4v) is 1.30. The van der Waals surface area contributed by atoms with Crippen molar-refractivity contribution in [3.8, 4) is 0 Å². The van der Waals surface area contributed by atoms with E-state index in [2.05, 4.69) is 11.9 Å². The summed E-state index contributed by atoms with van der Waals surface area (Å²) in [7, 11) is 0. The zero-order valence-electron chi connectivity index (χ0n) is 8.41. The second-order valence-electron chi connectivity index (χ2n) is 3.38. The number of furan rings is 1. The van der Waals surface area contributed by atoms with Gasteiger partial charge in [0.25, 0.3) is 5.91 Å². The van der Waals surface area contributed by atoms with Crippen LogP contribution in [0.15, 0.2) is 47.1 Å². The summed E-state index contributed by atoms with van der Waals surface area (Å²) in [4.78, 5) is 11.4. The van der Waals surface area contributed by atoms with Crippen LogP contribution in [0.3, 0.4) is 0 Å². The van der Waals surface area contributed by atoms with E-state index in [9.17, 15) is 4.79 Å². The number of benzene rings is 1. The number of anilines is 1. The molecular weight excluding hydrogens is 190 g/mol. The van der Waals surface area contributed by atoms with E-state index in [0.717, 1.165) is 11.0 Å². The molecule has 0 aliphatic carbocycles. The summed E-state index contributed by atoms with van der Waals surface area (Å²) in [6.07, 6.45) is 1.53. The van der Waals surface area contributed by atoms with Crippen LogP contribution in [0.1, 0.15) is 6.92 Å². The van der Waals surface area contributed by atoms with Crippen molar-refractivity contribution in [1.29, 1.82) is 0 Å². The maximum atomic E-state index is 11.4. The molecule has 2 rings (SSSR count). The summed E-state index contributed by atoms with van der Waals surface area (Å²) in [6, 6.07) is 7.53. The molecule has 3 heteroatoms. The van der Waals surface area contributed by atoms with Crippen LogP contribution in [-0.2, 0) is 4.79 Å². The van der Waals surface area contributed by atoms with E-state index in [1.54, 1.807) is 6.92 Å². The van der Waals surface area contributed by atoms with Gasteiger partial charge < -0.3 is 9.73 Å². The van der Waals surface area contributed by atoms with Crippen molar-refractivity contribution in [2.75, 3.05) is 5.32 Å². The molecule has 0 aliphatic rings. The topological polar surface area (TPSA) is 42.2 Å². The van der Waals surface area contributed by atoms with Crippen LogP contribution in [0, 0.1) is 0 Å². The lowest BCUT2D eigenvalue weighted by Gasteiger charge is -2.00. The van der Waals surface area contributed by atoms with Crippen molar-refractivity contribution in [2.24, 2.45) is 0 Å². The van der Waals surface area contributed by atoms with Gasteiger partial charge in [-0.3, -0.25) is 4.79 Å². The van der Waals surface area contributed by atoms with Crippen molar-refractivity contribution < 1.29 is 9.21 Å². The predicted molar refractivity (Wildman–Crippen MR) is 59.7 cm³/mol. The van der Waals surface area contributed by atoms with Gasteiger partial charge in [0.15, 0.2) is 0 Å². The fraction of sp³-hybridized carbons (Fsp3) is 0.0833. The van der Waals surface area contributed by atoms with Gasteiger partial charge in [-0.15, -0.1) is 0 Å². The van der Waals surface area contributed by atoms with Gasteiger partial charge in [0.05, 0.1) is 5.69 Å². The molecule has 0 saturated carbocycles. The maximum Gasteiger partial charge on any atom is 0.250 e. The van der Waals surface area contributed by atoms with Crippen molar-refractivity contribution >= 4 is 22.6 Å². The lowest BCUT2D eigenvalue weighted by Crippen LogP contribution is -2.11. The Morgan fingerprint density at radius 3 is 2.87 bits per heavy atom. The molecule has 0 atom stereocenters. The predicted octanol–water partition coefficient (Wildman–Crippen LogP) is 2.95. The lowest BCUT2D eigenvalue weighted by atomic mass is 10.2. The SMILES string of the molecule is C=C(C)C(=O)Nc1coc2ccccc12. The molecular formula is C12H11NO2. The average Bonchev–Trinajstić information content (AvgIpc) is 2.62. The van der Waals surface area contributed by atoms with Crippen molar-refractivity contribution in [3.63, 3.8) is 0 Å². The highest BCUT2D eigenvalue weighted by molar-refractivity contribution is 6.07. The molecule has 1 aromatic carbocycles. The summed E-state index contributed by atoms with van der Waals surface area (Å²) in [5.41, 5.74) is 1.91. The molecule has 1 aromatic heterocycles. The molecule has 2 aromatic rings. The van der Waals surface area contributed by atoms with Crippen LogP contribution in [-0.4, -0.2) is 5.91 Å². The Balaban J connectivity index is 2.37. The summed E-state index contributed by atoms with van der Waals surface area (Å²) in [5.74, 6) is -0.193. The molecule has 0 saturated heterocycles. The van der Waals surface area contributed by atoms with E-state index in [1.807, 2.05) is 24.3 Å². The van der Waals surface area contributed by atoms with E-state index < -0.39 is 0 Å². The Hall–Kier alpha value is -2.03. The Morgan fingerprint density at radius 1 is 1.40 bits per heavy atom. The van der Waals surface area contributed by atoms with Crippen molar-refractivity contribution in [1.82, 2.24) is 0 Å². The third-order valence-corrected chi connectivity index (χ3v) is 2.12. The first-order valence-corrected chi connectivity index (χ1v) is 4.61. The zero-order chi connectivity index (χ0) is 10.8. The molecule has 0 unspecified atom stereocenters. The van der Waals surface area contributed by atoms with Crippen LogP contribution in [0.2, 0.25) is 0 Å². The summed E-state index contributed by atoms with van der Waals surface area (Å²) < 4.78 is 5.29. The molecule has 1 N–H and O–H groups in total. The van der Waals surface area contributed by atoms with Gasteiger partial charge in [0.1, 0.15) is 11.8 Å². The van der Waals surface area contributed by atoms with Crippen LogP contribution in [0.25, 0.3) is 11.0 Å². The molecule has 0 fully saturated rings. The molecule has 0 bridgehead atoms. The first kappa shape index (κ1) is 9.52. The number of rotatable bonds is 2. The number of hydrogen-bond donors (Lipinski definition) is 1. The standard InChI is InChI=1S/C12H11NO2/c1-8(2)12(14)13-10-7-15-11-6-4-3-5-9(10)11/h3-7H,1H2,2H3,(H,13,14). The number of para-hydroxylation sites is 1. The van der Waals surface area contributed by atoms with Gasteiger partial charge in [0, 0.05) is 11.0 Å². The molecule has 1 amide bonds. The van der Waals surface area contributed by atoms with Crippen LogP contribution in [0.5, 0.6) is 0 Å². The van der Waals surface area contributed by atoms with E-state index in [4.69, 9.17) is 4.42 Å². The molecule has 3 nitrogen and oxygen atoms in total. The van der Waals surface area contributed by atoms with Gasteiger partial charge in [-0.2, -0.15) is 0 Å². The smallest absolute Gasteiger partial charge is 0.250 e. The Kier molecular flexibility index (Phi) is 2.29. The van der Waals surface area contributed by atoms with Gasteiger partial charge >= 0.3 is 0 Å². The van der Waals surface area contributed by atoms with Gasteiger partial charge in [0.2, 0.25) is 0 Å². The monoisotopic (exact) mass is 201 g/mol. The average molecular weight is 201 g/mol. The van der Waals surface area contributed by atoms with E-state index in [1.165, 1.54) is 6.26 Å². The minimum Gasteiger partial charge on any atom is -0.462 e. The molecule has 1 heterocycles. The third-order valence-electron chi connectivity index (χ3n) is 2.12. The van der Waals surface area contributed by atoms with Gasteiger partial charge in [-0.05, 0) is 19.1 Å². The largest absolute Gasteiger partial charge is 0.462 e. The van der Waals surface area contributed by atoms with E-state index >= 15 is 0 Å².